The van der Waals surface area contributed by atoms with Crippen molar-refractivity contribution in [3.63, 3.8) is 0 Å². The number of para-hydroxylation sites is 1. The van der Waals surface area contributed by atoms with E-state index in [0.717, 1.165) is 6.07 Å². The van der Waals surface area contributed by atoms with Crippen LogP contribution in [0.25, 0.3) is 0 Å². The molecular formula is C16H11ClFNO2. The van der Waals surface area contributed by atoms with Crippen molar-refractivity contribution >= 4 is 23.2 Å². The quantitative estimate of drug-likeness (QED) is 0.838. The van der Waals surface area contributed by atoms with E-state index in [9.17, 15) is 9.18 Å². The molecule has 0 saturated carbocycles. The van der Waals surface area contributed by atoms with Crippen LogP contribution in [-0.4, -0.2) is 17.6 Å². The smallest absolute Gasteiger partial charge is 0.256 e. The van der Waals surface area contributed by atoms with Crippen molar-refractivity contribution in [3.8, 4) is 11.8 Å². The minimum atomic E-state index is -0.508. The van der Waals surface area contributed by atoms with Crippen LogP contribution in [0.2, 0.25) is 5.02 Å². The largest absolute Gasteiger partial charge is 0.384 e. The fraction of sp³-hybridized carbons (Fsp3) is 0.0625. The Balaban J connectivity index is 2.33. The van der Waals surface area contributed by atoms with Crippen molar-refractivity contribution in [1.82, 2.24) is 0 Å². The van der Waals surface area contributed by atoms with Crippen LogP contribution in [0.5, 0.6) is 0 Å². The van der Waals surface area contributed by atoms with Crippen molar-refractivity contribution in [2.45, 2.75) is 0 Å². The second-order valence-electron chi connectivity index (χ2n) is 4.08. The third-order valence-corrected chi connectivity index (χ3v) is 2.98. The van der Waals surface area contributed by atoms with Crippen molar-refractivity contribution in [3.05, 3.63) is 64.4 Å². The molecule has 0 bridgehead atoms. The molecule has 0 heterocycles. The molecule has 106 valence electrons. The number of rotatable bonds is 2. The lowest BCUT2D eigenvalue weighted by atomic mass is 10.1. The van der Waals surface area contributed by atoms with Gasteiger partial charge in [0.05, 0.1) is 16.3 Å². The number of halogens is 2. The van der Waals surface area contributed by atoms with Crippen molar-refractivity contribution in [2.24, 2.45) is 0 Å². The van der Waals surface area contributed by atoms with Crippen molar-refractivity contribution < 1.29 is 14.3 Å². The van der Waals surface area contributed by atoms with Crippen LogP contribution in [0.4, 0.5) is 10.1 Å². The van der Waals surface area contributed by atoms with Crippen LogP contribution in [0.3, 0.4) is 0 Å². The predicted octanol–water partition coefficient (Wildman–Crippen LogP) is 3.08. The van der Waals surface area contributed by atoms with Crippen LogP contribution in [0, 0.1) is 17.7 Å². The van der Waals surface area contributed by atoms with Gasteiger partial charge < -0.3 is 10.4 Å². The van der Waals surface area contributed by atoms with Gasteiger partial charge in [0, 0.05) is 5.56 Å². The molecular weight excluding hydrogens is 293 g/mol. The van der Waals surface area contributed by atoms with Gasteiger partial charge in [0.2, 0.25) is 0 Å². The second-order valence-corrected chi connectivity index (χ2v) is 4.49. The molecule has 5 heteroatoms. The Bertz CT molecular complexity index is 735. The lowest BCUT2D eigenvalue weighted by Gasteiger charge is -2.08. The summed E-state index contributed by atoms with van der Waals surface area (Å²) in [5, 5.41) is 11.8. The third kappa shape index (κ3) is 3.82. The Morgan fingerprint density at radius 3 is 2.76 bits per heavy atom. The van der Waals surface area contributed by atoms with Crippen molar-refractivity contribution in [2.75, 3.05) is 11.9 Å². The number of carbonyl (C=O) groups excluding carboxylic acids is 1. The molecule has 2 rings (SSSR count). The number of nitrogens with one attached hydrogen (secondary N) is 1. The first-order valence-electron chi connectivity index (χ1n) is 6.07. The van der Waals surface area contributed by atoms with Gasteiger partial charge in [-0.1, -0.05) is 35.6 Å². The molecule has 0 unspecified atom stereocenters. The van der Waals surface area contributed by atoms with Gasteiger partial charge in [-0.25, -0.2) is 4.39 Å². The van der Waals surface area contributed by atoms with E-state index >= 15 is 0 Å². The molecule has 0 radical (unpaired) electrons. The van der Waals surface area contributed by atoms with Gasteiger partial charge in [0.25, 0.3) is 5.91 Å². The molecule has 2 N–H and O–H groups in total. The molecule has 0 aromatic heterocycles. The lowest BCUT2D eigenvalue weighted by molar-refractivity contribution is 0.102. The first-order chi connectivity index (χ1) is 10.1. The Morgan fingerprint density at radius 1 is 1.29 bits per heavy atom. The number of hydrogen-bond acceptors (Lipinski definition) is 2. The molecule has 1 amide bonds. The first-order valence-corrected chi connectivity index (χ1v) is 6.45. The molecule has 0 aliphatic carbocycles. The van der Waals surface area contributed by atoms with Crippen LogP contribution in [-0.2, 0) is 0 Å². The molecule has 0 spiro atoms. The maximum atomic E-state index is 13.2. The molecule has 0 aliphatic rings. The summed E-state index contributed by atoms with van der Waals surface area (Å²) in [6.45, 7) is -0.373. The van der Waals surface area contributed by atoms with Gasteiger partial charge in [0.15, 0.2) is 0 Å². The highest BCUT2D eigenvalue weighted by molar-refractivity contribution is 6.33. The zero-order chi connectivity index (χ0) is 15.2. The van der Waals surface area contributed by atoms with Gasteiger partial charge in [0.1, 0.15) is 12.4 Å². The standard InChI is InChI=1S/C16H11ClFNO2/c17-14-5-1-2-6-15(14)19-16(21)13-8-7-12(18)10-11(13)4-3-9-20/h1-2,5-8,10,20H,9H2,(H,19,21). The van der Waals surface area contributed by atoms with Crippen molar-refractivity contribution in [1.29, 1.82) is 0 Å². The van der Waals surface area contributed by atoms with Crippen LogP contribution in [0.1, 0.15) is 15.9 Å². The van der Waals surface area contributed by atoms with Crippen LogP contribution >= 0.6 is 11.6 Å². The molecule has 3 nitrogen and oxygen atoms in total. The predicted molar refractivity (Wildman–Crippen MR) is 79.8 cm³/mol. The Kier molecular flexibility index (Phi) is 4.94. The second kappa shape index (κ2) is 6.89. The minimum absolute atomic E-state index is 0.202. The summed E-state index contributed by atoms with van der Waals surface area (Å²) in [7, 11) is 0. The Hall–Kier alpha value is -2.35. The number of aliphatic hydroxyl groups excluding tert-OH is 1. The van der Waals surface area contributed by atoms with Gasteiger partial charge in [-0.15, -0.1) is 0 Å². The van der Waals surface area contributed by atoms with E-state index in [-0.39, 0.29) is 17.7 Å². The number of carbonyl (C=O) groups is 1. The summed E-state index contributed by atoms with van der Waals surface area (Å²) >= 11 is 5.97. The van der Waals surface area contributed by atoms with E-state index in [0.29, 0.717) is 10.7 Å². The molecule has 0 saturated heterocycles. The monoisotopic (exact) mass is 303 g/mol. The number of amides is 1. The molecule has 0 atom stereocenters. The van der Waals surface area contributed by atoms with E-state index < -0.39 is 11.7 Å². The summed E-state index contributed by atoms with van der Waals surface area (Å²) in [6.07, 6.45) is 0. The normalized spacial score (nSPS) is 9.67. The Labute approximate surface area is 126 Å². The summed E-state index contributed by atoms with van der Waals surface area (Å²) < 4.78 is 13.2. The van der Waals surface area contributed by atoms with E-state index in [1.54, 1.807) is 24.3 Å². The summed E-state index contributed by atoms with van der Waals surface area (Å²) in [5.41, 5.74) is 0.862. The fourth-order valence-electron chi connectivity index (χ4n) is 1.70. The highest BCUT2D eigenvalue weighted by atomic mass is 35.5. The molecule has 2 aromatic rings. The average Bonchev–Trinajstić information content (AvgIpc) is 2.47. The topological polar surface area (TPSA) is 49.3 Å². The SMILES string of the molecule is O=C(Nc1ccccc1Cl)c1ccc(F)cc1C#CCO. The van der Waals surface area contributed by atoms with E-state index in [4.69, 9.17) is 16.7 Å². The molecule has 0 fully saturated rings. The zero-order valence-corrected chi connectivity index (χ0v) is 11.6. The molecule has 0 aliphatic heterocycles. The highest BCUT2D eigenvalue weighted by Crippen LogP contribution is 2.22. The van der Waals surface area contributed by atoms with Gasteiger partial charge in [-0.3, -0.25) is 4.79 Å². The Morgan fingerprint density at radius 2 is 2.05 bits per heavy atom. The van der Waals surface area contributed by atoms with Gasteiger partial charge in [-0.2, -0.15) is 0 Å². The first kappa shape index (κ1) is 15.0. The average molecular weight is 304 g/mol. The molecule has 21 heavy (non-hydrogen) atoms. The summed E-state index contributed by atoms with van der Waals surface area (Å²) in [5.74, 6) is 3.99. The zero-order valence-electron chi connectivity index (χ0n) is 10.9. The number of aliphatic hydroxyl groups is 1. The van der Waals surface area contributed by atoms with E-state index in [1.807, 2.05) is 0 Å². The maximum absolute atomic E-state index is 13.2. The maximum Gasteiger partial charge on any atom is 0.256 e. The lowest BCUT2D eigenvalue weighted by Crippen LogP contribution is -2.14. The van der Waals surface area contributed by atoms with Crippen LogP contribution < -0.4 is 5.32 Å². The van der Waals surface area contributed by atoms with E-state index in [1.165, 1.54) is 12.1 Å². The highest BCUT2D eigenvalue weighted by Gasteiger charge is 2.12. The van der Waals surface area contributed by atoms with E-state index in [2.05, 4.69) is 17.2 Å². The molecule has 2 aromatic carbocycles. The summed E-state index contributed by atoms with van der Waals surface area (Å²) in [6, 6.07) is 10.4. The summed E-state index contributed by atoms with van der Waals surface area (Å²) in [4.78, 5) is 12.2. The minimum Gasteiger partial charge on any atom is -0.384 e. The number of benzene rings is 2. The van der Waals surface area contributed by atoms with Crippen LogP contribution in [0.15, 0.2) is 42.5 Å². The number of hydrogen-bond donors (Lipinski definition) is 2. The number of anilines is 1. The third-order valence-electron chi connectivity index (χ3n) is 2.65. The van der Waals surface area contributed by atoms with Gasteiger partial charge >= 0.3 is 0 Å². The fourth-order valence-corrected chi connectivity index (χ4v) is 1.89. The van der Waals surface area contributed by atoms with Gasteiger partial charge in [-0.05, 0) is 30.3 Å².